The van der Waals surface area contributed by atoms with E-state index in [0.29, 0.717) is 15.7 Å². The predicted molar refractivity (Wildman–Crippen MR) is 106 cm³/mol. The summed E-state index contributed by atoms with van der Waals surface area (Å²) in [7, 11) is 0. The van der Waals surface area contributed by atoms with Crippen LogP contribution in [-0.4, -0.2) is 23.0 Å². The van der Waals surface area contributed by atoms with Crippen LogP contribution >= 0.6 is 23.2 Å². The summed E-state index contributed by atoms with van der Waals surface area (Å²) in [4.78, 5) is 27.7. The van der Waals surface area contributed by atoms with Crippen LogP contribution in [0.4, 0.5) is 0 Å². The molecule has 3 rings (SSSR count). The van der Waals surface area contributed by atoms with Crippen LogP contribution in [0, 0.1) is 0 Å². The fraction of sp³-hybridized carbons (Fsp3) is 0.200. The van der Waals surface area contributed by atoms with E-state index in [1.165, 1.54) is 6.92 Å². The Morgan fingerprint density at radius 3 is 2.52 bits per heavy atom. The van der Waals surface area contributed by atoms with E-state index < -0.39 is 18.0 Å². The number of amides is 1. The second kappa shape index (κ2) is 8.03. The number of hydrogen-bond acceptors (Lipinski definition) is 3. The van der Waals surface area contributed by atoms with Crippen LogP contribution < -0.4 is 5.32 Å². The van der Waals surface area contributed by atoms with Crippen molar-refractivity contribution in [3.63, 3.8) is 0 Å². The number of aromatic amines is 1. The maximum Gasteiger partial charge on any atom is 0.355 e. The molecule has 5 nitrogen and oxygen atoms in total. The van der Waals surface area contributed by atoms with Crippen molar-refractivity contribution in [2.75, 3.05) is 0 Å². The highest BCUT2D eigenvalue weighted by atomic mass is 35.5. The number of fused-ring (bicyclic) bond motifs is 1. The van der Waals surface area contributed by atoms with Gasteiger partial charge in [0.15, 0.2) is 6.10 Å². The highest BCUT2D eigenvalue weighted by Gasteiger charge is 2.22. The standard InChI is InChI=1S/C20H18Cl2N2O3/c1-11(15-8-7-14(21)10-16(15)22)23-19(25)12(2)27-20(26)18-9-13-5-3-4-6-17(13)24-18/h3-12,24H,1-2H3,(H,23,25)/t11-,12-/m0/s1. The highest BCUT2D eigenvalue weighted by Crippen LogP contribution is 2.26. The number of H-pyrrole nitrogens is 1. The third-order valence-electron chi connectivity index (χ3n) is 4.19. The first-order valence-corrected chi connectivity index (χ1v) is 9.15. The molecule has 0 saturated carbocycles. The van der Waals surface area contributed by atoms with Gasteiger partial charge in [-0.05, 0) is 43.7 Å². The van der Waals surface area contributed by atoms with Crippen LogP contribution in [0.3, 0.4) is 0 Å². The number of halogens is 2. The first-order valence-electron chi connectivity index (χ1n) is 8.39. The van der Waals surface area contributed by atoms with Gasteiger partial charge in [-0.25, -0.2) is 4.79 Å². The number of aromatic nitrogens is 1. The zero-order valence-corrected chi connectivity index (χ0v) is 16.3. The second-order valence-electron chi connectivity index (χ2n) is 6.21. The number of esters is 1. The lowest BCUT2D eigenvalue weighted by atomic mass is 10.1. The second-order valence-corrected chi connectivity index (χ2v) is 7.06. The lowest BCUT2D eigenvalue weighted by Gasteiger charge is -2.19. The van der Waals surface area contributed by atoms with Crippen LogP contribution in [-0.2, 0) is 9.53 Å². The number of para-hydroxylation sites is 1. The van der Waals surface area contributed by atoms with Crippen molar-refractivity contribution in [1.82, 2.24) is 10.3 Å². The molecule has 0 saturated heterocycles. The maximum atomic E-state index is 12.4. The van der Waals surface area contributed by atoms with Crippen LogP contribution in [0.15, 0.2) is 48.5 Å². The van der Waals surface area contributed by atoms with Crippen molar-refractivity contribution < 1.29 is 14.3 Å². The monoisotopic (exact) mass is 404 g/mol. The van der Waals surface area contributed by atoms with Gasteiger partial charge in [0, 0.05) is 20.9 Å². The molecule has 0 aliphatic rings. The van der Waals surface area contributed by atoms with Gasteiger partial charge in [0.05, 0.1) is 6.04 Å². The summed E-state index contributed by atoms with van der Waals surface area (Å²) in [6.07, 6.45) is -0.961. The number of rotatable bonds is 5. The Hall–Kier alpha value is -2.50. The summed E-state index contributed by atoms with van der Waals surface area (Å²) in [6, 6.07) is 13.9. The highest BCUT2D eigenvalue weighted by molar-refractivity contribution is 6.35. The van der Waals surface area contributed by atoms with E-state index in [0.717, 1.165) is 16.5 Å². The molecule has 1 aromatic heterocycles. The third kappa shape index (κ3) is 4.43. The van der Waals surface area contributed by atoms with E-state index in [1.807, 2.05) is 24.3 Å². The van der Waals surface area contributed by atoms with Crippen molar-refractivity contribution in [3.8, 4) is 0 Å². The molecule has 1 heterocycles. The van der Waals surface area contributed by atoms with E-state index in [1.54, 1.807) is 31.2 Å². The molecule has 0 radical (unpaired) electrons. The number of ether oxygens (including phenoxy) is 1. The fourth-order valence-electron chi connectivity index (χ4n) is 2.72. The minimum atomic E-state index is -0.961. The van der Waals surface area contributed by atoms with Gasteiger partial charge < -0.3 is 15.0 Å². The summed E-state index contributed by atoms with van der Waals surface area (Å²) >= 11 is 12.1. The van der Waals surface area contributed by atoms with E-state index in [9.17, 15) is 9.59 Å². The zero-order chi connectivity index (χ0) is 19.6. The van der Waals surface area contributed by atoms with Crippen molar-refractivity contribution in [2.45, 2.75) is 26.0 Å². The van der Waals surface area contributed by atoms with Crippen molar-refractivity contribution in [2.24, 2.45) is 0 Å². The van der Waals surface area contributed by atoms with Gasteiger partial charge in [0.2, 0.25) is 0 Å². The number of carbonyl (C=O) groups excluding carboxylic acids is 2. The van der Waals surface area contributed by atoms with Gasteiger partial charge in [0.1, 0.15) is 5.69 Å². The molecule has 140 valence electrons. The van der Waals surface area contributed by atoms with Gasteiger partial charge in [-0.3, -0.25) is 4.79 Å². The Kier molecular flexibility index (Phi) is 5.73. The fourth-order valence-corrected chi connectivity index (χ4v) is 3.29. The molecule has 2 N–H and O–H groups in total. The number of hydrogen-bond donors (Lipinski definition) is 2. The van der Waals surface area contributed by atoms with E-state index in [2.05, 4.69) is 10.3 Å². The SMILES string of the molecule is C[C@H](OC(=O)c1cc2ccccc2[nH]1)C(=O)N[C@@H](C)c1ccc(Cl)cc1Cl. The average molecular weight is 405 g/mol. The van der Waals surface area contributed by atoms with Gasteiger partial charge >= 0.3 is 5.97 Å². The van der Waals surface area contributed by atoms with Crippen molar-refractivity contribution in [3.05, 3.63) is 69.8 Å². The Morgan fingerprint density at radius 2 is 1.81 bits per heavy atom. The Morgan fingerprint density at radius 1 is 1.07 bits per heavy atom. The summed E-state index contributed by atoms with van der Waals surface area (Å²) in [6.45, 7) is 3.31. The van der Waals surface area contributed by atoms with Crippen LogP contribution in [0.2, 0.25) is 10.0 Å². The molecular formula is C20H18Cl2N2O3. The third-order valence-corrected chi connectivity index (χ3v) is 4.75. The lowest BCUT2D eigenvalue weighted by molar-refractivity contribution is -0.129. The summed E-state index contributed by atoms with van der Waals surface area (Å²) < 4.78 is 5.28. The molecular weight excluding hydrogens is 387 g/mol. The van der Waals surface area contributed by atoms with Gasteiger partial charge in [-0.15, -0.1) is 0 Å². The molecule has 7 heteroatoms. The molecule has 0 bridgehead atoms. The number of carbonyl (C=O) groups is 2. The number of nitrogens with one attached hydrogen (secondary N) is 2. The minimum Gasteiger partial charge on any atom is -0.448 e. The van der Waals surface area contributed by atoms with Gasteiger partial charge in [-0.1, -0.05) is 47.5 Å². The first kappa shape index (κ1) is 19.3. The average Bonchev–Trinajstić information content (AvgIpc) is 3.05. The minimum absolute atomic E-state index is 0.296. The molecule has 0 aliphatic heterocycles. The molecule has 2 atom stereocenters. The Bertz CT molecular complexity index is 967. The van der Waals surface area contributed by atoms with Crippen molar-refractivity contribution >= 4 is 46.0 Å². The Labute approximate surface area is 166 Å². The summed E-state index contributed by atoms with van der Waals surface area (Å²) in [5, 5.41) is 4.65. The molecule has 0 fully saturated rings. The number of benzene rings is 2. The summed E-state index contributed by atoms with van der Waals surface area (Å²) in [5.41, 5.74) is 1.85. The van der Waals surface area contributed by atoms with Gasteiger partial charge in [-0.2, -0.15) is 0 Å². The van der Waals surface area contributed by atoms with E-state index in [-0.39, 0.29) is 6.04 Å². The lowest BCUT2D eigenvalue weighted by Crippen LogP contribution is -2.37. The normalized spacial score (nSPS) is 13.2. The molecule has 27 heavy (non-hydrogen) atoms. The predicted octanol–water partition coefficient (Wildman–Crippen LogP) is 4.90. The van der Waals surface area contributed by atoms with Crippen LogP contribution in [0.25, 0.3) is 10.9 Å². The molecule has 3 aromatic rings. The maximum absolute atomic E-state index is 12.4. The quantitative estimate of drug-likeness (QED) is 0.594. The molecule has 0 unspecified atom stereocenters. The molecule has 0 spiro atoms. The Balaban J connectivity index is 1.63. The smallest absolute Gasteiger partial charge is 0.355 e. The molecule has 0 aliphatic carbocycles. The van der Waals surface area contributed by atoms with E-state index in [4.69, 9.17) is 27.9 Å². The van der Waals surface area contributed by atoms with E-state index >= 15 is 0 Å². The summed E-state index contributed by atoms with van der Waals surface area (Å²) in [5.74, 6) is -1.01. The molecule has 1 amide bonds. The van der Waals surface area contributed by atoms with Crippen LogP contribution in [0.1, 0.15) is 35.9 Å². The molecule has 2 aromatic carbocycles. The zero-order valence-electron chi connectivity index (χ0n) is 14.8. The topological polar surface area (TPSA) is 71.2 Å². The van der Waals surface area contributed by atoms with Gasteiger partial charge in [0.25, 0.3) is 5.91 Å². The first-order chi connectivity index (χ1) is 12.8. The van der Waals surface area contributed by atoms with Crippen LogP contribution in [0.5, 0.6) is 0 Å². The largest absolute Gasteiger partial charge is 0.448 e. The van der Waals surface area contributed by atoms with Crippen molar-refractivity contribution in [1.29, 1.82) is 0 Å².